The molecule has 1 atom stereocenters. The van der Waals surface area contributed by atoms with Crippen LogP contribution in [0.3, 0.4) is 0 Å². The Morgan fingerprint density at radius 1 is 1.50 bits per heavy atom. The summed E-state index contributed by atoms with van der Waals surface area (Å²) in [7, 11) is 0. The SMILES string of the molecule is CC(C)C1CCCN1c1cccc(CCl)n1. The zero-order chi connectivity index (χ0) is 11.5. The molecule has 1 saturated heterocycles. The topological polar surface area (TPSA) is 16.1 Å². The van der Waals surface area contributed by atoms with Crippen LogP contribution in [0.4, 0.5) is 5.82 Å². The Morgan fingerprint density at radius 3 is 3.00 bits per heavy atom. The third-order valence-electron chi connectivity index (χ3n) is 3.29. The molecule has 2 rings (SSSR count). The van der Waals surface area contributed by atoms with Crippen LogP contribution >= 0.6 is 11.6 Å². The van der Waals surface area contributed by atoms with Crippen molar-refractivity contribution in [3.63, 3.8) is 0 Å². The highest BCUT2D eigenvalue weighted by Crippen LogP contribution is 2.28. The molecule has 1 aromatic rings. The minimum absolute atomic E-state index is 0.494. The quantitative estimate of drug-likeness (QED) is 0.750. The van der Waals surface area contributed by atoms with Gasteiger partial charge in [-0.1, -0.05) is 19.9 Å². The number of rotatable bonds is 3. The van der Waals surface area contributed by atoms with E-state index in [1.54, 1.807) is 0 Å². The third-order valence-corrected chi connectivity index (χ3v) is 3.57. The van der Waals surface area contributed by atoms with Gasteiger partial charge < -0.3 is 4.90 Å². The van der Waals surface area contributed by atoms with Gasteiger partial charge in [-0.3, -0.25) is 0 Å². The summed E-state index contributed by atoms with van der Waals surface area (Å²) in [6, 6.07) is 6.77. The van der Waals surface area contributed by atoms with Crippen molar-refractivity contribution in [1.82, 2.24) is 4.98 Å². The molecule has 0 radical (unpaired) electrons. The molecule has 1 fully saturated rings. The molecule has 2 heterocycles. The van der Waals surface area contributed by atoms with E-state index in [0.717, 1.165) is 18.1 Å². The third kappa shape index (κ3) is 2.32. The zero-order valence-corrected chi connectivity index (χ0v) is 10.7. The van der Waals surface area contributed by atoms with E-state index >= 15 is 0 Å². The van der Waals surface area contributed by atoms with Crippen LogP contribution < -0.4 is 4.90 Å². The van der Waals surface area contributed by atoms with Gasteiger partial charge in [0, 0.05) is 12.6 Å². The minimum atomic E-state index is 0.494. The summed E-state index contributed by atoms with van der Waals surface area (Å²) in [5.74, 6) is 2.27. The second-order valence-corrected chi connectivity index (χ2v) is 5.04. The van der Waals surface area contributed by atoms with E-state index in [0.29, 0.717) is 17.8 Å². The van der Waals surface area contributed by atoms with Gasteiger partial charge in [-0.15, -0.1) is 11.6 Å². The summed E-state index contributed by atoms with van der Waals surface area (Å²) >= 11 is 5.82. The molecule has 0 aliphatic carbocycles. The molecule has 16 heavy (non-hydrogen) atoms. The first-order valence-corrected chi connectivity index (χ1v) is 6.54. The fourth-order valence-electron chi connectivity index (χ4n) is 2.47. The van der Waals surface area contributed by atoms with Crippen molar-refractivity contribution in [2.45, 2.75) is 38.6 Å². The number of hydrogen-bond acceptors (Lipinski definition) is 2. The Hall–Kier alpha value is -0.760. The minimum Gasteiger partial charge on any atom is -0.353 e. The first-order valence-electron chi connectivity index (χ1n) is 6.01. The molecular weight excluding hydrogens is 220 g/mol. The summed E-state index contributed by atoms with van der Waals surface area (Å²) in [5, 5.41) is 0. The molecule has 0 aromatic carbocycles. The van der Waals surface area contributed by atoms with Gasteiger partial charge in [0.25, 0.3) is 0 Å². The van der Waals surface area contributed by atoms with E-state index in [9.17, 15) is 0 Å². The molecular formula is C13H19ClN2. The fourth-order valence-corrected chi connectivity index (χ4v) is 2.62. The maximum Gasteiger partial charge on any atom is 0.129 e. The number of anilines is 1. The second kappa shape index (κ2) is 5.05. The van der Waals surface area contributed by atoms with Gasteiger partial charge in [0.15, 0.2) is 0 Å². The van der Waals surface area contributed by atoms with Gasteiger partial charge in [0.1, 0.15) is 5.82 Å². The lowest BCUT2D eigenvalue weighted by Gasteiger charge is -2.28. The highest BCUT2D eigenvalue weighted by atomic mass is 35.5. The van der Waals surface area contributed by atoms with Crippen LogP contribution in [0, 0.1) is 5.92 Å². The summed E-state index contributed by atoms with van der Waals surface area (Å²) in [6.07, 6.45) is 2.56. The summed E-state index contributed by atoms with van der Waals surface area (Å²) in [4.78, 5) is 7.03. The number of halogens is 1. The summed E-state index contributed by atoms with van der Waals surface area (Å²) in [5.41, 5.74) is 0.966. The average molecular weight is 239 g/mol. The Bertz CT molecular complexity index is 352. The number of nitrogens with zero attached hydrogens (tertiary/aromatic N) is 2. The second-order valence-electron chi connectivity index (χ2n) is 4.77. The standard InChI is InChI=1S/C13H19ClN2/c1-10(2)12-6-4-8-16(12)13-7-3-5-11(9-14)15-13/h3,5,7,10,12H,4,6,8-9H2,1-2H3. The first kappa shape index (κ1) is 11.7. The Labute approximate surface area is 103 Å². The maximum atomic E-state index is 5.82. The lowest BCUT2D eigenvalue weighted by molar-refractivity contribution is 0.489. The molecule has 2 nitrogen and oxygen atoms in total. The number of hydrogen-bond donors (Lipinski definition) is 0. The van der Waals surface area contributed by atoms with E-state index in [1.807, 2.05) is 6.07 Å². The lowest BCUT2D eigenvalue weighted by Crippen LogP contribution is -2.34. The smallest absolute Gasteiger partial charge is 0.129 e. The fraction of sp³-hybridized carbons (Fsp3) is 0.615. The zero-order valence-electron chi connectivity index (χ0n) is 9.99. The molecule has 1 aliphatic heterocycles. The highest BCUT2D eigenvalue weighted by Gasteiger charge is 2.27. The van der Waals surface area contributed by atoms with E-state index in [1.165, 1.54) is 12.8 Å². The first-order chi connectivity index (χ1) is 7.72. The molecule has 0 bridgehead atoms. The van der Waals surface area contributed by atoms with Gasteiger partial charge >= 0.3 is 0 Å². The predicted molar refractivity (Wildman–Crippen MR) is 69.0 cm³/mol. The number of pyridine rings is 1. The van der Waals surface area contributed by atoms with Gasteiger partial charge in [-0.25, -0.2) is 4.98 Å². The lowest BCUT2D eigenvalue weighted by atomic mass is 10.0. The van der Waals surface area contributed by atoms with Crippen LogP contribution in [-0.2, 0) is 5.88 Å². The molecule has 3 heteroatoms. The molecule has 0 saturated carbocycles. The summed E-state index contributed by atoms with van der Waals surface area (Å²) < 4.78 is 0. The van der Waals surface area contributed by atoms with Crippen LogP contribution in [0.25, 0.3) is 0 Å². The van der Waals surface area contributed by atoms with Crippen molar-refractivity contribution < 1.29 is 0 Å². The molecule has 1 aromatic heterocycles. The van der Waals surface area contributed by atoms with Crippen LogP contribution in [0.5, 0.6) is 0 Å². The van der Waals surface area contributed by atoms with Crippen molar-refractivity contribution in [3.8, 4) is 0 Å². The molecule has 0 N–H and O–H groups in total. The monoisotopic (exact) mass is 238 g/mol. The molecule has 0 spiro atoms. The maximum absolute atomic E-state index is 5.82. The van der Waals surface area contributed by atoms with E-state index in [-0.39, 0.29) is 0 Å². The van der Waals surface area contributed by atoms with E-state index in [4.69, 9.17) is 11.6 Å². The van der Waals surface area contributed by atoms with Crippen molar-refractivity contribution in [2.24, 2.45) is 5.92 Å². The van der Waals surface area contributed by atoms with Crippen molar-refractivity contribution in [1.29, 1.82) is 0 Å². The summed E-state index contributed by atoms with van der Waals surface area (Å²) in [6.45, 7) is 5.70. The highest BCUT2D eigenvalue weighted by molar-refractivity contribution is 6.16. The molecule has 1 aliphatic rings. The van der Waals surface area contributed by atoms with Gasteiger partial charge in [0.2, 0.25) is 0 Å². The van der Waals surface area contributed by atoms with E-state index < -0.39 is 0 Å². The molecule has 1 unspecified atom stereocenters. The van der Waals surface area contributed by atoms with Crippen LogP contribution in [0.1, 0.15) is 32.4 Å². The van der Waals surface area contributed by atoms with Crippen LogP contribution in [0.15, 0.2) is 18.2 Å². The largest absolute Gasteiger partial charge is 0.353 e. The molecule has 0 amide bonds. The normalized spacial score (nSPS) is 20.8. The molecule has 88 valence electrons. The van der Waals surface area contributed by atoms with Crippen molar-refractivity contribution in [2.75, 3.05) is 11.4 Å². The average Bonchev–Trinajstić information content (AvgIpc) is 2.78. The van der Waals surface area contributed by atoms with Crippen LogP contribution in [-0.4, -0.2) is 17.6 Å². The predicted octanol–water partition coefficient (Wildman–Crippen LogP) is 3.45. The van der Waals surface area contributed by atoms with Crippen LogP contribution in [0.2, 0.25) is 0 Å². The van der Waals surface area contributed by atoms with Gasteiger partial charge in [-0.2, -0.15) is 0 Å². The number of aromatic nitrogens is 1. The van der Waals surface area contributed by atoms with Gasteiger partial charge in [-0.05, 0) is 30.9 Å². The number of alkyl halides is 1. The van der Waals surface area contributed by atoms with Crippen molar-refractivity contribution in [3.05, 3.63) is 23.9 Å². The van der Waals surface area contributed by atoms with E-state index in [2.05, 4.69) is 35.9 Å². The Kier molecular flexibility index (Phi) is 3.70. The van der Waals surface area contributed by atoms with Gasteiger partial charge in [0.05, 0.1) is 11.6 Å². The Morgan fingerprint density at radius 2 is 2.31 bits per heavy atom. The van der Waals surface area contributed by atoms with Crippen molar-refractivity contribution >= 4 is 17.4 Å². The Balaban J connectivity index is 2.22.